The zero-order valence-corrected chi connectivity index (χ0v) is 15.8. The summed E-state index contributed by atoms with van der Waals surface area (Å²) in [6.45, 7) is -0.441. The molecule has 0 unspecified atom stereocenters. The number of aromatic nitrogens is 2. The molecule has 0 bridgehead atoms. The van der Waals surface area contributed by atoms with Gasteiger partial charge in [-0.25, -0.2) is 9.18 Å². The lowest BCUT2D eigenvalue weighted by atomic mass is 10.1. The molecule has 1 fully saturated rings. The first kappa shape index (κ1) is 20.7. The lowest BCUT2D eigenvalue weighted by Gasteiger charge is -2.15. The van der Waals surface area contributed by atoms with Gasteiger partial charge in [0.25, 0.3) is 0 Å². The number of aliphatic hydroxyl groups is 2. The second kappa shape index (κ2) is 8.54. The van der Waals surface area contributed by atoms with Gasteiger partial charge in [0.2, 0.25) is 5.91 Å². The number of rotatable bonds is 5. The molecule has 1 saturated heterocycles. The number of aliphatic hydroxyl groups excluding tert-OH is 2. The third-order valence-corrected chi connectivity index (χ3v) is 4.81. The molecular formula is C17H16Cl2FN3O5. The second-order valence-electron chi connectivity index (χ2n) is 6.20. The van der Waals surface area contributed by atoms with Crippen LogP contribution in [0.4, 0.5) is 10.2 Å². The van der Waals surface area contributed by atoms with Gasteiger partial charge in [-0.15, -0.1) is 0 Å². The van der Waals surface area contributed by atoms with Crippen LogP contribution in [0.2, 0.25) is 10.0 Å². The van der Waals surface area contributed by atoms with E-state index in [0.717, 1.165) is 10.8 Å². The van der Waals surface area contributed by atoms with Gasteiger partial charge < -0.3 is 20.3 Å². The van der Waals surface area contributed by atoms with Crippen molar-refractivity contribution in [2.75, 3.05) is 11.9 Å². The van der Waals surface area contributed by atoms with E-state index in [1.54, 1.807) is 12.1 Å². The number of nitrogens with zero attached hydrogens (tertiary/aromatic N) is 2. The minimum atomic E-state index is -0.992. The molecule has 3 N–H and O–H groups in total. The lowest BCUT2D eigenvalue weighted by molar-refractivity contribution is -0.115. The van der Waals surface area contributed by atoms with E-state index >= 15 is 0 Å². The van der Waals surface area contributed by atoms with Crippen LogP contribution in [-0.2, 0) is 16.0 Å². The molecule has 28 heavy (non-hydrogen) atoms. The minimum absolute atomic E-state index is 0.00692. The van der Waals surface area contributed by atoms with Crippen molar-refractivity contribution in [2.45, 2.75) is 31.3 Å². The van der Waals surface area contributed by atoms with E-state index in [-0.39, 0.29) is 17.9 Å². The number of anilines is 1. The standard InChI is InChI=1S/C17H16Cl2FN3O5/c18-9-2-1-8(10(19)4-9)3-14(26)21-16-11(20)6-23(17(27)22-16)15-5-12(25)13(7-24)28-15/h1-2,4,6,12-13,15,24-25H,3,5,7H2,(H,21,22,26,27)/t12-,13+,15+/m0/s1. The third-order valence-electron chi connectivity index (χ3n) is 4.23. The summed E-state index contributed by atoms with van der Waals surface area (Å²) in [5.41, 5.74) is -0.405. The molecule has 1 aliphatic heterocycles. The van der Waals surface area contributed by atoms with Crippen LogP contribution in [0.15, 0.2) is 29.2 Å². The molecule has 0 spiro atoms. The van der Waals surface area contributed by atoms with Crippen LogP contribution in [0.25, 0.3) is 0 Å². The first-order valence-electron chi connectivity index (χ1n) is 8.25. The Morgan fingerprint density at radius 2 is 2.18 bits per heavy atom. The molecule has 2 aromatic rings. The van der Waals surface area contributed by atoms with E-state index in [2.05, 4.69) is 10.3 Å². The lowest BCUT2D eigenvalue weighted by Crippen LogP contribution is -2.30. The summed E-state index contributed by atoms with van der Waals surface area (Å²) in [6, 6.07) is 4.60. The molecule has 1 aromatic carbocycles. The van der Waals surface area contributed by atoms with E-state index in [0.29, 0.717) is 10.6 Å². The molecule has 3 rings (SSSR count). The van der Waals surface area contributed by atoms with Crippen molar-refractivity contribution in [1.82, 2.24) is 9.55 Å². The van der Waals surface area contributed by atoms with Crippen molar-refractivity contribution in [3.63, 3.8) is 0 Å². The van der Waals surface area contributed by atoms with Gasteiger partial charge in [0.15, 0.2) is 11.6 Å². The van der Waals surface area contributed by atoms with Crippen LogP contribution in [0.5, 0.6) is 0 Å². The molecule has 1 amide bonds. The van der Waals surface area contributed by atoms with E-state index in [1.165, 1.54) is 6.07 Å². The van der Waals surface area contributed by atoms with Gasteiger partial charge in [0.05, 0.1) is 25.3 Å². The molecule has 11 heteroatoms. The predicted octanol–water partition coefficient (Wildman–Crippen LogP) is 1.51. The molecule has 3 atom stereocenters. The van der Waals surface area contributed by atoms with Gasteiger partial charge >= 0.3 is 5.69 Å². The van der Waals surface area contributed by atoms with Crippen molar-refractivity contribution >= 4 is 34.9 Å². The zero-order chi connectivity index (χ0) is 20.4. The van der Waals surface area contributed by atoms with Gasteiger partial charge in [-0.05, 0) is 17.7 Å². The second-order valence-corrected chi connectivity index (χ2v) is 7.05. The Bertz CT molecular complexity index is 955. The number of nitrogens with one attached hydrogen (secondary N) is 1. The summed E-state index contributed by atoms with van der Waals surface area (Å²) in [4.78, 5) is 27.9. The topological polar surface area (TPSA) is 114 Å². The van der Waals surface area contributed by atoms with Gasteiger partial charge in [-0.2, -0.15) is 4.98 Å². The molecule has 150 valence electrons. The Labute approximate surface area is 168 Å². The molecule has 1 aromatic heterocycles. The van der Waals surface area contributed by atoms with Crippen LogP contribution in [0, 0.1) is 5.82 Å². The fraction of sp³-hybridized carbons (Fsp3) is 0.353. The maximum Gasteiger partial charge on any atom is 0.351 e. The molecule has 0 radical (unpaired) electrons. The first-order chi connectivity index (χ1) is 13.3. The quantitative estimate of drug-likeness (QED) is 0.660. The van der Waals surface area contributed by atoms with Crippen molar-refractivity contribution in [1.29, 1.82) is 0 Å². The maximum atomic E-state index is 14.3. The number of halogens is 3. The number of carbonyl (C=O) groups excluding carboxylic acids is 1. The fourth-order valence-electron chi connectivity index (χ4n) is 2.80. The number of hydrogen-bond acceptors (Lipinski definition) is 6. The Hall–Kier alpha value is -2.04. The molecule has 2 heterocycles. The molecular weight excluding hydrogens is 416 g/mol. The summed E-state index contributed by atoms with van der Waals surface area (Å²) in [5, 5.41) is 21.8. The minimum Gasteiger partial charge on any atom is -0.394 e. The van der Waals surface area contributed by atoms with Crippen LogP contribution in [0.1, 0.15) is 18.2 Å². The highest BCUT2D eigenvalue weighted by Crippen LogP contribution is 2.28. The predicted molar refractivity (Wildman–Crippen MR) is 98.9 cm³/mol. The van der Waals surface area contributed by atoms with Crippen molar-refractivity contribution in [3.05, 3.63) is 56.3 Å². The smallest absolute Gasteiger partial charge is 0.351 e. The summed E-state index contributed by atoms with van der Waals surface area (Å²) in [6.07, 6.45) is -2.18. The summed E-state index contributed by atoms with van der Waals surface area (Å²) in [5.74, 6) is -2.12. The van der Waals surface area contributed by atoms with Gasteiger partial charge in [-0.1, -0.05) is 29.3 Å². The number of carbonyl (C=O) groups is 1. The average molecular weight is 432 g/mol. The van der Waals surface area contributed by atoms with Crippen molar-refractivity contribution < 1.29 is 24.1 Å². The maximum absolute atomic E-state index is 14.3. The molecule has 0 aliphatic carbocycles. The van der Waals surface area contributed by atoms with Crippen molar-refractivity contribution in [3.8, 4) is 0 Å². The van der Waals surface area contributed by atoms with Gasteiger partial charge in [-0.3, -0.25) is 9.36 Å². The highest BCUT2D eigenvalue weighted by molar-refractivity contribution is 6.35. The molecule has 1 aliphatic rings. The fourth-order valence-corrected chi connectivity index (χ4v) is 3.28. The van der Waals surface area contributed by atoms with Crippen LogP contribution in [0.3, 0.4) is 0 Å². The number of hydrogen-bond donors (Lipinski definition) is 3. The Morgan fingerprint density at radius 3 is 2.82 bits per heavy atom. The third kappa shape index (κ3) is 4.50. The van der Waals surface area contributed by atoms with E-state index in [9.17, 15) is 19.1 Å². The largest absolute Gasteiger partial charge is 0.394 e. The summed E-state index contributed by atoms with van der Waals surface area (Å²) >= 11 is 11.8. The Morgan fingerprint density at radius 1 is 1.43 bits per heavy atom. The van der Waals surface area contributed by atoms with Crippen LogP contribution >= 0.6 is 23.2 Å². The number of amides is 1. The molecule has 0 saturated carbocycles. The molecule has 8 nitrogen and oxygen atoms in total. The highest BCUT2D eigenvalue weighted by Gasteiger charge is 2.35. The highest BCUT2D eigenvalue weighted by atomic mass is 35.5. The van der Waals surface area contributed by atoms with Gasteiger partial charge in [0, 0.05) is 16.5 Å². The van der Waals surface area contributed by atoms with Crippen LogP contribution < -0.4 is 11.0 Å². The SMILES string of the molecule is O=C(Cc1ccc(Cl)cc1Cl)Nc1nc(=O)n([C@H]2C[C@H](O)[C@@H](CO)O2)cc1F. The Kier molecular flexibility index (Phi) is 6.31. The Balaban J connectivity index is 1.74. The number of benzene rings is 1. The normalized spacial score (nSPS) is 21.7. The average Bonchev–Trinajstić information content (AvgIpc) is 3.01. The summed E-state index contributed by atoms with van der Waals surface area (Å²) < 4.78 is 20.5. The number of ether oxygens (including phenoxy) is 1. The first-order valence-corrected chi connectivity index (χ1v) is 9.01. The van der Waals surface area contributed by atoms with Crippen molar-refractivity contribution in [2.24, 2.45) is 0 Å². The van der Waals surface area contributed by atoms with Crippen LogP contribution in [-0.4, -0.2) is 44.5 Å². The van der Waals surface area contributed by atoms with E-state index in [4.69, 9.17) is 33.0 Å². The zero-order valence-electron chi connectivity index (χ0n) is 14.3. The monoisotopic (exact) mass is 431 g/mol. The van der Waals surface area contributed by atoms with Gasteiger partial charge in [0.1, 0.15) is 12.3 Å². The van der Waals surface area contributed by atoms with E-state index in [1.807, 2.05) is 0 Å². The summed E-state index contributed by atoms with van der Waals surface area (Å²) in [7, 11) is 0. The van der Waals surface area contributed by atoms with E-state index < -0.39 is 48.3 Å².